The second kappa shape index (κ2) is 8.25. The lowest BCUT2D eigenvalue weighted by Gasteiger charge is -2.27. The van der Waals surface area contributed by atoms with E-state index < -0.39 is 15.9 Å². The molecule has 8 heteroatoms. The summed E-state index contributed by atoms with van der Waals surface area (Å²) in [5.74, 6) is -1.16. The van der Waals surface area contributed by atoms with Crippen LogP contribution in [0.4, 0.5) is 0 Å². The summed E-state index contributed by atoms with van der Waals surface area (Å²) in [4.78, 5) is 25.6. The van der Waals surface area contributed by atoms with Crippen LogP contribution in [0, 0.1) is 11.8 Å². The number of rotatable bonds is 7. The van der Waals surface area contributed by atoms with Gasteiger partial charge >= 0.3 is 5.97 Å². The number of carbonyl (C=O) groups is 2. The summed E-state index contributed by atoms with van der Waals surface area (Å²) in [5, 5.41) is 5.07. The summed E-state index contributed by atoms with van der Waals surface area (Å²) in [6, 6.07) is 5.99. The van der Waals surface area contributed by atoms with Crippen LogP contribution in [0.5, 0.6) is 0 Å². The lowest BCUT2D eigenvalue weighted by Crippen LogP contribution is -2.39. The van der Waals surface area contributed by atoms with Gasteiger partial charge in [-0.3, -0.25) is 9.59 Å². The van der Waals surface area contributed by atoms with Crippen LogP contribution >= 0.6 is 0 Å². The second-order valence-electron chi connectivity index (χ2n) is 5.99. The van der Waals surface area contributed by atoms with Gasteiger partial charge in [0, 0.05) is 19.0 Å². The van der Waals surface area contributed by atoms with Crippen molar-refractivity contribution in [3.63, 3.8) is 0 Å². The molecule has 1 unspecified atom stereocenters. The number of hydrogen-bond acceptors (Lipinski definition) is 5. The Morgan fingerprint density at radius 3 is 2.12 bits per heavy atom. The maximum atomic E-state index is 12.4. The lowest BCUT2D eigenvalue weighted by atomic mass is 10.1. The highest BCUT2D eigenvalue weighted by Crippen LogP contribution is 2.15. The molecule has 7 nitrogen and oxygen atoms in total. The fourth-order valence-electron chi connectivity index (χ4n) is 2.21. The molecular weight excluding hydrogens is 332 g/mol. The molecule has 0 fully saturated rings. The molecule has 1 atom stereocenters. The van der Waals surface area contributed by atoms with Crippen molar-refractivity contribution < 1.29 is 22.7 Å². The highest BCUT2D eigenvalue weighted by Gasteiger charge is 2.23. The Labute approximate surface area is 142 Å². The molecule has 1 aromatic rings. The van der Waals surface area contributed by atoms with Crippen LogP contribution in [-0.2, 0) is 30.9 Å². The van der Waals surface area contributed by atoms with Gasteiger partial charge in [-0.05, 0) is 17.7 Å². The predicted molar refractivity (Wildman–Crippen MR) is 89.3 cm³/mol. The smallest absolute Gasteiger partial charge is 0.310 e. The zero-order chi connectivity index (χ0) is 18.5. The van der Waals surface area contributed by atoms with Gasteiger partial charge in [-0.1, -0.05) is 32.9 Å². The zero-order valence-corrected chi connectivity index (χ0v) is 15.2. The molecule has 0 saturated heterocycles. The third-order valence-electron chi connectivity index (χ3n) is 3.53. The molecular formula is C16H24N2O5S. The highest BCUT2D eigenvalue weighted by molar-refractivity contribution is 7.89. The number of sulfonamides is 1. The first-order valence-electron chi connectivity index (χ1n) is 7.54. The van der Waals surface area contributed by atoms with E-state index in [1.165, 1.54) is 19.2 Å². The number of methoxy groups -OCH3 is 1. The Bertz CT molecular complexity index is 683. The molecule has 0 aromatic heterocycles. The summed E-state index contributed by atoms with van der Waals surface area (Å²) in [6.07, 6.45) is 0. The first-order valence-corrected chi connectivity index (χ1v) is 9.09. The quantitative estimate of drug-likeness (QED) is 0.737. The van der Waals surface area contributed by atoms with E-state index in [0.717, 1.165) is 5.56 Å². The molecule has 2 N–H and O–H groups in total. The molecule has 24 heavy (non-hydrogen) atoms. The van der Waals surface area contributed by atoms with Crippen molar-refractivity contribution in [3.8, 4) is 0 Å². The third kappa shape index (κ3) is 5.61. The van der Waals surface area contributed by atoms with Crippen LogP contribution in [0.15, 0.2) is 29.2 Å². The van der Waals surface area contributed by atoms with Crippen LogP contribution in [0.25, 0.3) is 0 Å². The van der Waals surface area contributed by atoms with Crippen molar-refractivity contribution in [2.75, 3.05) is 13.7 Å². The Morgan fingerprint density at radius 2 is 1.71 bits per heavy atom. The Morgan fingerprint density at radius 1 is 1.17 bits per heavy atom. The van der Waals surface area contributed by atoms with Gasteiger partial charge in [0.2, 0.25) is 15.9 Å². The summed E-state index contributed by atoms with van der Waals surface area (Å²) >= 11 is 0. The Hall–Kier alpha value is -1.93. The Balaban J connectivity index is 2.96. The zero-order valence-electron chi connectivity index (χ0n) is 14.4. The van der Waals surface area contributed by atoms with Gasteiger partial charge < -0.3 is 9.64 Å². The number of hydrogen-bond donors (Lipinski definition) is 1. The maximum Gasteiger partial charge on any atom is 0.310 e. The summed E-state index contributed by atoms with van der Waals surface area (Å²) in [5.41, 5.74) is 0.744. The molecule has 0 aliphatic rings. The van der Waals surface area contributed by atoms with E-state index in [4.69, 9.17) is 9.88 Å². The van der Waals surface area contributed by atoms with Crippen molar-refractivity contribution in [3.05, 3.63) is 29.8 Å². The van der Waals surface area contributed by atoms with Crippen LogP contribution in [-0.4, -0.2) is 38.8 Å². The molecule has 0 heterocycles. The predicted octanol–water partition coefficient (Wildman–Crippen LogP) is 1.13. The highest BCUT2D eigenvalue weighted by atomic mass is 32.2. The largest absolute Gasteiger partial charge is 0.469 e. The average molecular weight is 356 g/mol. The van der Waals surface area contributed by atoms with Crippen LogP contribution < -0.4 is 5.14 Å². The van der Waals surface area contributed by atoms with Gasteiger partial charge in [0.25, 0.3) is 0 Å². The molecule has 1 rings (SSSR count). The molecule has 134 valence electrons. The Kier molecular flexibility index (Phi) is 6.92. The lowest BCUT2D eigenvalue weighted by molar-refractivity contribution is -0.147. The molecule has 0 spiro atoms. The number of benzene rings is 1. The van der Waals surface area contributed by atoms with E-state index in [1.54, 1.807) is 37.8 Å². The van der Waals surface area contributed by atoms with E-state index in [9.17, 15) is 18.0 Å². The number of carbonyl (C=O) groups excluding carboxylic acids is 2. The summed E-state index contributed by atoms with van der Waals surface area (Å²) < 4.78 is 27.3. The van der Waals surface area contributed by atoms with Gasteiger partial charge in [-0.15, -0.1) is 0 Å². The molecule has 0 radical (unpaired) electrons. The van der Waals surface area contributed by atoms with Crippen molar-refractivity contribution >= 4 is 21.9 Å². The fourth-order valence-corrected chi connectivity index (χ4v) is 2.72. The number of esters is 1. The van der Waals surface area contributed by atoms with E-state index in [-0.39, 0.29) is 35.8 Å². The first-order chi connectivity index (χ1) is 11.1. The topological polar surface area (TPSA) is 107 Å². The molecule has 1 amide bonds. The first kappa shape index (κ1) is 20.1. The maximum absolute atomic E-state index is 12.4. The van der Waals surface area contributed by atoms with E-state index in [0.29, 0.717) is 0 Å². The van der Waals surface area contributed by atoms with Crippen molar-refractivity contribution in [1.82, 2.24) is 4.90 Å². The van der Waals surface area contributed by atoms with Gasteiger partial charge in [-0.2, -0.15) is 0 Å². The number of amides is 1. The average Bonchev–Trinajstić information content (AvgIpc) is 2.52. The number of nitrogens with zero attached hydrogens (tertiary/aromatic N) is 1. The number of ether oxygens (including phenoxy) is 1. The van der Waals surface area contributed by atoms with Crippen LogP contribution in [0.3, 0.4) is 0 Å². The third-order valence-corrected chi connectivity index (χ3v) is 4.46. The molecule has 1 aromatic carbocycles. The summed E-state index contributed by atoms with van der Waals surface area (Å²) in [7, 11) is -2.45. The molecule has 0 bridgehead atoms. The monoisotopic (exact) mass is 356 g/mol. The number of nitrogens with two attached hydrogens (primary N) is 1. The fraction of sp³-hybridized carbons (Fsp3) is 0.500. The van der Waals surface area contributed by atoms with E-state index in [1.807, 2.05) is 0 Å². The minimum Gasteiger partial charge on any atom is -0.469 e. The molecule has 0 aliphatic carbocycles. The van der Waals surface area contributed by atoms with Crippen molar-refractivity contribution in [2.24, 2.45) is 17.0 Å². The van der Waals surface area contributed by atoms with Crippen LogP contribution in [0.1, 0.15) is 26.3 Å². The minimum atomic E-state index is -3.75. The van der Waals surface area contributed by atoms with Crippen LogP contribution in [0.2, 0.25) is 0 Å². The van der Waals surface area contributed by atoms with E-state index >= 15 is 0 Å². The van der Waals surface area contributed by atoms with Gasteiger partial charge in [0.1, 0.15) is 0 Å². The van der Waals surface area contributed by atoms with Gasteiger partial charge in [-0.25, -0.2) is 13.6 Å². The molecule has 0 aliphatic heterocycles. The normalized spacial score (nSPS) is 12.8. The minimum absolute atomic E-state index is 0.0101. The second-order valence-corrected chi connectivity index (χ2v) is 7.55. The number of primary sulfonamides is 1. The summed E-state index contributed by atoms with van der Waals surface area (Å²) in [6.45, 7) is 5.74. The molecule has 0 saturated carbocycles. The van der Waals surface area contributed by atoms with E-state index in [2.05, 4.69) is 0 Å². The standard InChI is InChI=1S/C16H24N2O5S/c1-11(2)15(19)18(9-12(3)16(20)23-4)10-13-5-7-14(8-6-13)24(17,21)22/h5-8,11-12H,9-10H2,1-4H3,(H2,17,21,22). The SMILES string of the molecule is COC(=O)C(C)CN(Cc1ccc(S(N)(=O)=O)cc1)C(=O)C(C)C. The van der Waals surface area contributed by atoms with Crippen molar-refractivity contribution in [2.45, 2.75) is 32.2 Å². The van der Waals surface area contributed by atoms with Crippen molar-refractivity contribution in [1.29, 1.82) is 0 Å². The van der Waals surface area contributed by atoms with Gasteiger partial charge in [0.05, 0.1) is 17.9 Å². The van der Waals surface area contributed by atoms with Gasteiger partial charge in [0.15, 0.2) is 0 Å².